The molecule has 1 aromatic rings. The number of rotatable bonds is 4. The Morgan fingerprint density at radius 2 is 2.00 bits per heavy atom. The Balaban J connectivity index is 2.64. The van der Waals surface area contributed by atoms with E-state index in [9.17, 15) is 4.79 Å². The van der Waals surface area contributed by atoms with Crippen LogP contribution in [0.1, 0.15) is 5.56 Å². The Kier molecular flexibility index (Phi) is 3.98. The number of carboxylic acids is 1. The molecular formula is C10H12O3S. The number of hydrogen-bond donors (Lipinski definition) is 2. The van der Waals surface area contributed by atoms with Gasteiger partial charge in [0.2, 0.25) is 0 Å². The lowest BCUT2D eigenvalue weighted by Crippen LogP contribution is -2.21. The fourth-order valence-electron chi connectivity index (χ4n) is 1.07. The van der Waals surface area contributed by atoms with Gasteiger partial charge >= 0.3 is 5.97 Å². The van der Waals surface area contributed by atoms with E-state index >= 15 is 0 Å². The van der Waals surface area contributed by atoms with Gasteiger partial charge in [0.15, 0.2) is 6.10 Å². The van der Waals surface area contributed by atoms with Crippen LogP contribution in [0.25, 0.3) is 0 Å². The SMILES string of the molecule is CSc1ccc(CC(O)C(=O)O)cc1. The minimum Gasteiger partial charge on any atom is -0.479 e. The van der Waals surface area contributed by atoms with E-state index in [2.05, 4.69) is 0 Å². The van der Waals surface area contributed by atoms with Gasteiger partial charge in [0.05, 0.1) is 0 Å². The summed E-state index contributed by atoms with van der Waals surface area (Å²) in [4.78, 5) is 11.5. The minimum absolute atomic E-state index is 0.157. The summed E-state index contributed by atoms with van der Waals surface area (Å²) in [5, 5.41) is 17.6. The van der Waals surface area contributed by atoms with Crippen molar-refractivity contribution < 1.29 is 15.0 Å². The van der Waals surface area contributed by atoms with Crippen molar-refractivity contribution in [2.45, 2.75) is 17.4 Å². The van der Waals surface area contributed by atoms with E-state index in [1.54, 1.807) is 11.8 Å². The quantitative estimate of drug-likeness (QED) is 0.741. The number of thioether (sulfide) groups is 1. The lowest BCUT2D eigenvalue weighted by Gasteiger charge is -2.05. The summed E-state index contributed by atoms with van der Waals surface area (Å²) in [6, 6.07) is 7.49. The molecule has 0 amide bonds. The third-order valence-electron chi connectivity index (χ3n) is 1.87. The summed E-state index contributed by atoms with van der Waals surface area (Å²) in [7, 11) is 0. The maximum Gasteiger partial charge on any atom is 0.332 e. The summed E-state index contributed by atoms with van der Waals surface area (Å²) >= 11 is 1.62. The van der Waals surface area contributed by atoms with Gasteiger partial charge in [-0.15, -0.1) is 11.8 Å². The van der Waals surface area contributed by atoms with Crippen LogP contribution in [0.3, 0.4) is 0 Å². The highest BCUT2D eigenvalue weighted by atomic mass is 32.2. The lowest BCUT2D eigenvalue weighted by atomic mass is 10.1. The second-order valence-corrected chi connectivity index (χ2v) is 3.79. The van der Waals surface area contributed by atoms with Gasteiger partial charge in [0, 0.05) is 11.3 Å². The van der Waals surface area contributed by atoms with E-state index in [1.807, 2.05) is 30.5 Å². The highest BCUT2D eigenvalue weighted by Gasteiger charge is 2.13. The molecule has 0 radical (unpaired) electrons. The van der Waals surface area contributed by atoms with Gasteiger partial charge in [-0.1, -0.05) is 12.1 Å². The Morgan fingerprint density at radius 3 is 2.43 bits per heavy atom. The van der Waals surface area contributed by atoms with Crippen molar-refractivity contribution in [3.63, 3.8) is 0 Å². The van der Waals surface area contributed by atoms with Crippen LogP contribution in [-0.4, -0.2) is 28.5 Å². The molecule has 0 aliphatic carbocycles. The zero-order valence-electron chi connectivity index (χ0n) is 7.80. The molecule has 1 atom stereocenters. The molecule has 1 rings (SSSR count). The molecule has 1 unspecified atom stereocenters. The molecule has 0 aliphatic heterocycles. The number of aliphatic carboxylic acids is 1. The van der Waals surface area contributed by atoms with Crippen molar-refractivity contribution in [3.05, 3.63) is 29.8 Å². The molecular weight excluding hydrogens is 200 g/mol. The number of aliphatic hydroxyl groups excluding tert-OH is 1. The van der Waals surface area contributed by atoms with E-state index < -0.39 is 12.1 Å². The Hall–Kier alpha value is -1.00. The Morgan fingerprint density at radius 1 is 1.43 bits per heavy atom. The lowest BCUT2D eigenvalue weighted by molar-refractivity contribution is -0.146. The molecule has 14 heavy (non-hydrogen) atoms. The number of carboxylic acid groups (broad SMARTS) is 1. The van der Waals surface area contributed by atoms with Gasteiger partial charge in [0.25, 0.3) is 0 Å². The van der Waals surface area contributed by atoms with Gasteiger partial charge < -0.3 is 10.2 Å². The number of aliphatic hydroxyl groups is 1. The molecule has 0 saturated carbocycles. The summed E-state index contributed by atoms with van der Waals surface area (Å²) in [6.07, 6.45) is 0.820. The molecule has 0 heterocycles. The zero-order valence-corrected chi connectivity index (χ0v) is 8.62. The molecule has 0 aromatic heterocycles. The van der Waals surface area contributed by atoms with Crippen molar-refractivity contribution in [3.8, 4) is 0 Å². The molecule has 1 aromatic carbocycles. The molecule has 76 valence electrons. The maximum absolute atomic E-state index is 10.4. The van der Waals surface area contributed by atoms with Crippen LogP contribution in [0.4, 0.5) is 0 Å². The molecule has 4 heteroatoms. The Labute approximate surface area is 86.8 Å². The highest BCUT2D eigenvalue weighted by molar-refractivity contribution is 7.98. The fourth-order valence-corrected chi connectivity index (χ4v) is 1.48. The maximum atomic E-state index is 10.4. The van der Waals surface area contributed by atoms with E-state index in [0.717, 1.165) is 10.5 Å². The second-order valence-electron chi connectivity index (χ2n) is 2.91. The van der Waals surface area contributed by atoms with E-state index in [0.29, 0.717) is 0 Å². The number of hydrogen-bond acceptors (Lipinski definition) is 3. The first-order valence-corrected chi connectivity index (χ1v) is 5.39. The summed E-state index contributed by atoms with van der Waals surface area (Å²) in [5.41, 5.74) is 0.831. The van der Waals surface area contributed by atoms with Crippen molar-refractivity contribution in [1.29, 1.82) is 0 Å². The number of carbonyl (C=O) groups is 1. The molecule has 0 aliphatic rings. The largest absolute Gasteiger partial charge is 0.479 e. The van der Waals surface area contributed by atoms with Crippen LogP contribution in [-0.2, 0) is 11.2 Å². The van der Waals surface area contributed by atoms with Crippen LogP contribution < -0.4 is 0 Å². The fraction of sp³-hybridized carbons (Fsp3) is 0.300. The van der Waals surface area contributed by atoms with Crippen LogP contribution in [0.2, 0.25) is 0 Å². The minimum atomic E-state index is -1.31. The highest BCUT2D eigenvalue weighted by Crippen LogP contribution is 2.15. The molecule has 0 bridgehead atoms. The van der Waals surface area contributed by atoms with Crippen molar-refractivity contribution in [2.24, 2.45) is 0 Å². The summed E-state index contributed by atoms with van der Waals surface area (Å²) in [5.74, 6) is -1.18. The second kappa shape index (κ2) is 5.02. The van der Waals surface area contributed by atoms with E-state index in [-0.39, 0.29) is 6.42 Å². The molecule has 2 N–H and O–H groups in total. The van der Waals surface area contributed by atoms with Crippen LogP contribution in [0.15, 0.2) is 29.2 Å². The topological polar surface area (TPSA) is 57.5 Å². The van der Waals surface area contributed by atoms with Gasteiger partial charge in [-0.3, -0.25) is 0 Å². The first kappa shape index (κ1) is 11.1. The van der Waals surface area contributed by atoms with Gasteiger partial charge in [-0.05, 0) is 24.0 Å². The van der Waals surface area contributed by atoms with Crippen LogP contribution >= 0.6 is 11.8 Å². The average Bonchev–Trinajstić information content (AvgIpc) is 2.19. The van der Waals surface area contributed by atoms with Crippen molar-refractivity contribution in [1.82, 2.24) is 0 Å². The van der Waals surface area contributed by atoms with Gasteiger partial charge in [-0.25, -0.2) is 4.79 Å². The third-order valence-corrected chi connectivity index (χ3v) is 2.62. The zero-order chi connectivity index (χ0) is 10.6. The summed E-state index contributed by atoms with van der Waals surface area (Å²) < 4.78 is 0. The Bertz CT molecular complexity index is 308. The molecule has 0 fully saturated rings. The van der Waals surface area contributed by atoms with Crippen LogP contribution in [0, 0.1) is 0 Å². The van der Waals surface area contributed by atoms with E-state index in [4.69, 9.17) is 10.2 Å². The first-order valence-electron chi connectivity index (χ1n) is 4.17. The normalized spacial score (nSPS) is 12.4. The van der Waals surface area contributed by atoms with Crippen molar-refractivity contribution in [2.75, 3.05) is 6.26 Å². The van der Waals surface area contributed by atoms with Gasteiger partial charge in [-0.2, -0.15) is 0 Å². The molecule has 0 spiro atoms. The average molecular weight is 212 g/mol. The molecule has 3 nitrogen and oxygen atoms in total. The van der Waals surface area contributed by atoms with E-state index in [1.165, 1.54) is 0 Å². The standard InChI is InChI=1S/C10H12O3S/c1-14-8-4-2-7(3-5-8)6-9(11)10(12)13/h2-5,9,11H,6H2,1H3,(H,12,13). The predicted molar refractivity (Wildman–Crippen MR) is 55.6 cm³/mol. The smallest absolute Gasteiger partial charge is 0.332 e. The van der Waals surface area contributed by atoms with Gasteiger partial charge in [0.1, 0.15) is 0 Å². The van der Waals surface area contributed by atoms with Crippen molar-refractivity contribution >= 4 is 17.7 Å². The van der Waals surface area contributed by atoms with Crippen LogP contribution in [0.5, 0.6) is 0 Å². The predicted octanol–water partition coefficient (Wildman–Crippen LogP) is 1.40. The summed E-state index contributed by atoms with van der Waals surface area (Å²) in [6.45, 7) is 0. The number of benzene rings is 1. The first-order chi connectivity index (χ1) is 6.63. The molecule has 0 saturated heterocycles. The third kappa shape index (κ3) is 3.05. The monoisotopic (exact) mass is 212 g/mol.